The number of anilines is 1. The molecule has 0 amide bonds. The zero-order chi connectivity index (χ0) is 16.3. The number of aromatic carboxylic acids is 1. The van der Waals surface area contributed by atoms with Gasteiger partial charge >= 0.3 is 5.97 Å². The zero-order valence-electron chi connectivity index (χ0n) is 12.7. The smallest absolute Gasteiger partial charge is 0.335 e. The lowest BCUT2D eigenvalue weighted by Crippen LogP contribution is -2.15. The molecule has 0 aliphatic heterocycles. The second-order valence-electron chi connectivity index (χ2n) is 5.13. The number of nitrogens with zero attached hydrogens (tertiary/aromatic N) is 1. The molecule has 1 aromatic heterocycles. The van der Waals surface area contributed by atoms with E-state index in [1.807, 2.05) is 16.8 Å². The number of benzene rings is 1. The highest BCUT2D eigenvalue weighted by molar-refractivity contribution is 7.92. The van der Waals surface area contributed by atoms with Gasteiger partial charge in [-0.3, -0.25) is 4.72 Å². The average Bonchev–Trinajstić information content (AvgIpc) is 2.88. The quantitative estimate of drug-likeness (QED) is 0.819. The molecule has 120 valence electrons. The number of hydrogen-bond acceptors (Lipinski definition) is 3. The Morgan fingerprint density at radius 3 is 2.64 bits per heavy atom. The van der Waals surface area contributed by atoms with Crippen LogP contribution >= 0.6 is 0 Å². The van der Waals surface area contributed by atoms with E-state index in [1.165, 1.54) is 13.0 Å². The SMILES string of the molecule is CCCCn1ccc2c(NS(=O)(=O)CC)cc(C(=O)O)cc21. The van der Waals surface area contributed by atoms with Gasteiger partial charge in [0.05, 0.1) is 22.5 Å². The van der Waals surface area contributed by atoms with Crippen LogP contribution in [0.5, 0.6) is 0 Å². The van der Waals surface area contributed by atoms with Crippen molar-refractivity contribution in [2.24, 2.45) is 0 Å². The highest BCUT2D eigenvalue weighted by Gasteiger charge is 2.15. The van der Waals surface area contributed by atoms with Crippen LogP contribution in [0.3, 0.4) is 0 Å². The summed E-state index contributed by atoms with van der Waals surface area (Å²) in [5, 5.41) is 9.95. The number of aromatic nitrogens is 1. The van der Waals surface area contributed by atoms with Crippen molar-refractivity contribution >= 4 is 32.6 Å². The number of sulfonamides is 1. The fraction of sp³-hybridized carbons (Fsp3) is 0.400. The summed E-state index contributed by atoms with van der Waals surface area (Å²) in [4.78, 5) is 11.3. The maximum absolute atomic E-state index is 11.8. The van der Waals surface area contributed by atoms with Crippen molar-refractivity contribution in [3.05, 3.63) is 30.0 Å². The van der Waals surface area contributed by atoms with Crippen LogP contribution in [0.15, 0.2) is 24.4 Å². The van der Waals surface area contributed by atoms with Gasteiger partial charge in [-0.25, -0.2) is 13.2 Å². The largest absolute Gasteiger partial charge is 0.478 e. The maximum atomic E-state index is 11.8. The molecule has 0 bridgehead atoms. The number of carboxylic acids is 1. The molecule has 0 atom stereocenters. The molecular weight excluding hydrogens is 304 g/mol. The number of unbranched alkanes of at least 4 members (excludes halogenated alkanes) is 1. The highest BCUT2D eigenvalue weighted by atomic mass is 32.2. The van der Waals surface area contributed by atoms with Gasteiger partial charge in [-0.05, 0) is 31.5 Å². The molecule has 0 unspecified atom stereocenters. The predicted octanol–water partition coefficient (Wildman–Crippen LogP) is 2.90. The number of fused-ring (bicyclic) bond motifs is 1. The molecule has 7 heteroatoms. The number of aryl methyl sites for hydroxylation is 1. The van der Waals surface area contributed by atoms with Crippen LogP contribution in [-0.4, -0.2) is 29.8 Å². The summed E-state index contributed by atoms with van der Waals surface area (Å²) >= 11 is 0. The second-order valence-corrected chi connectivity index (χ2v) is 7.14. The first-order chi connectivity index (χ1) is 10.4. The van der Waals surface area contributed by atoms with Gasteiger partial charge in [-0.2, -0.15) is 0 Å². The van der Waals surface area contributed by atoms with Crippen LogP contribution in [0, 0.1) is 0 Å². The summed E-state index contributed by atoms with van der Waals surface area (Å²) in [5.74, 6) is -1.15. The van der Waals surface area contributed by atoms with E-state index in [0.29, 0.717) is 11.1 Å². The van der Waals surface area contributed by atoms with Gasteiger partial charge in [0.15, 0.2) is 0 Å². The Morgan fingerprint density at radius 1 is 1.32 bits per heavy atom. The number of carbonyl (C=O) groups is 1. The average molecular weight is 324 g/mol. The summed E-state index contributed by atoms with van der Waals surface area (Å²) in [6.07, 6.45) is 3.85. The monoisotopic (exact) mass is 324 g/mol. The summed E-state index contributed by atoms with van der Waals surface area (Å²) in [6.45, 7) is 4.38. The van der Waals surface area contributed by atoms with Crippen molar-refractivity contribution in [3.8, 4) is 0 Å². The molecule has 0 fully saturated rings. The topological polar surface area (TPSA) is 88.4 Å². The molecule has 0 saturated carbocycles. The van der Waals surface area contributed by atoms with E-state index in [1.54, 1.807) is 6.07 Å². The summed E-state index contributed by atoms with van der Waals surface area (Å²) in [5.41, 5.74) is 1.10. The zero-order valence-corrected chi connectivity index (χ0v) is 13.5. The Morgan fingerprint density at radius 2 is 2.05 bits per heavy atom. The Balaban J connectivity index is 2.59. The van der Waals surface area contributed by atoms with E-state index >= 15 is 0 Å². The van der Waals surface area contributed by atoms with Gasteiger partial charge in [-0.15, -0.1) is 0 Å². The Hall–Kier alpha value is -2.02. The van der Waals surface area contributed by atoms with E-state index < -0.39 is 16.0 Å². The third-order valence-electron chi connectivity index (χ3n) is 3.53. The van der Waals surface area contributed by atoms with Gasteiger partial charge < -0.3 is 9.67 Å². The Bertz CT molecular complexity index is 793. The molecule has 2 aromatic rings. The van der Waals surface area contributed by atoms with Crippen LogP contribution in [0.1, 0.15) is 37.0 Å². The molecule has 2 rings (SSSR count). The van der Waals surface area contributed by atoms with E-state index in [2.05, 4.69) is 11.6 Å². The third-order valence-corrected chi connectivity index (χ3v) is 4.82. The fourth-order valence-corrected chi connectivity index (χ4v) is 2.91. The van der Waals surface area contributed by atoms with Crippen molar-refractivity contribution in [2.45, 2.75) is 33.2 Å². The van der Waals surface area contributed by atoms with Crippen LogP contribution in [0.4, 0.5) is 5.69 Å². The second kappa shape index (κ2) is 6.39. The van der Waals surface area contributed by atoms with Gasteiger partial charge in [0.2, 0.25) is 10.0 Å². The van der Waals surface area contributed by atoms with Gasteiger partial charge in [0.1, 0.15) is 0 Å². The number of rotatable bonds is 7. The van der Waals surface area contributed by atoms with Crippen LogP contribution < -0.4 is 4.72 Å². The Kier molecular flexibility index (Phi) is 4.75. The maximum Gasteiger partial charge on any atom is 0.335 e. The third kappa shape index (κ3) is 3.41. The minimum atomic E-state index is -3.47. The van der Waals surface area contributed by atoms with Crippen molar-refractivity contribution < 1.29 is 18.3 Å². The number of hydrogen-bond donors (Lipinski definition) is 2. The molecule has 22 heavy (non-hydrogen) atoms. The van der Waals surface area contributed by atoms with E-state index in [9.17, 15) is 18.3 Å². The molecule has 0 aliphatic rings. The lowest BCUT2D eigenvalue weighted by molar-refractivity contribution is 0.0697. The minimum absolute atomic E-state index is 0.0671. The van der Waals surface area contributed by atoms with Crippen LogP contribution in [0.2, 0.25) is 0 Å². The molecule has 0 radical (unpaired) electrons. The van der Waals surface area contributed by atoms with Crippen molar-refractivity contribution in [1.82, 2.24) is 4.57 Å². The van der Waals surface area contributed by atoms with E-state index in [-0.39, 0.29) is 11.3 Å². The molecule has 0 spiro atoms. The Labute approximate surface area is 129 Å². The van der Waals surface area contributed by atoms with Crippen molar-refractivity contribution in [3.63, 3.8) is 0 Å². The molecule has 1 heterocycles. The van der Waals surface area contributed by atoms with Crippen LogP contribution in [0.25, 0.3) is 10.9 Å². The minimum Gasteiger partial charge on any atom is -0.478 e. The molecule has 1 aromatic carbocycles. The van der Waals surface area contributed by atoms with E-state index in [0.717, 1.165) is 24.9 Å². The van der Waals surface area contributed by atoms with Crippen molar-refractivity contribution in [1.29, 1.82) is 0 Å². The van der Waals surface area contributed by atoms with Gasteiger partial charge in [0.25, 0.3) is 0 Å². The highest BCUT2D eigenvalue weighted by Crippen LogP contribution is 2.28. The fourth-order valence-electron chi connectivity index (χ4n) is 2.27. The summed E-state index contributed by atoms with van der Waals surface area (Å²) < 4.78 is 28.0. The number of nitrogens with one attached hydrogen (secondary N) is 1. The van der Waals surface area contributed by atoms with Crippen LogP contribution in [-0.2, 0) is 16.6 Å². The molecule has 0 saturated heterocycles. The van der Waals surface area contributed by atoms with Crippen molar-refractivity contribution in [2.75, 3.05) is 10.5 Å². The normalized spacial score (nSPS) is 11.7. The molecule has 2 N–H and O–H groups in total. The van der Waals surface area contributed by atoms with E-state index in [4.69, 9.17) is 0 Å². The first-order valence-electron chi connectivity index (χ1n) is 7.24. The molecule has 0 aliphatic carbocycles. The summed E-state index contributed by atoms with van der Waals surface area (Å²) in [6, 6.07) is 4.75. The first kappa shape index (κ1) is 16.4. The van der Waals surface area contributed by atoms with Gasteiger partial charge in [0, 0.05) is 18.1 Å². The first-order valence-corrected chi connectivity index (χ1v) is 8.90. The molecular formula is C15H20N2O4S. The standard InChI is InChI=1S/C15H20N2O4S/c1-3-5-7-17-8-6-12-13(16-22(20,21)4-2)9-11(15(18)19)10-14(12)17/h6,8-10,16H,3-5,7H2,1-2H3,(H,18,19). The lowest BCUT2D eigenvalue weighted by Gasteiger charge is -2.10. The van der Waals surface area contributed by atoms with Gasteiger partial charge in [-0.1, -0.05) is 13.3 Å². The summed E-state index contributed by atoms with van der Waals surface area (Å²) in [7, 11) is -3.47. The number of carboxylic acid groups (broad SMARTS) is 1. The lowest BCUT2D eigenvalue weighted by atomic mass is 10.1. The predicted molar refractivity (Wildman–Crippen MR) is 86.9 cm³/mol. The molecule has 6 nitrogen and oxygen atoms in total.